The van der Waals surface area contributed by atoms with Gasteiger partial charge in [-0.3, -0.25) is 0 Å². The summed E-state index contributed by atoms with van der Waals surface area (Å²) in [5.41, 5.74) is 1.34. The molecule has 1 aliphatic rings. The molecule has 0 bridgehead atoms. The van der Waals surface area contributed by atoms with E-state index in [1.165, 1.54) is 0 Å². The van der Waals surface area contributed by atoms with Crippen molar-refractivity contribution >= 4 is 15.7 Å². The summed E-state index contributed by atoms with van der Waals surface area (Å²) in [5, 5.41) is 8.66. The largest absolute Gasteiger partial charge is 0.382 e. The van der Waals surface area contributed by atoms with E-state index in [0.717, 1.165) is 31.6 Å². The number of hydrogen-bond acceptors (Lipinski definition) is 4. The van der Waals surface area contributed by atoms with E-state index in [-0.39, 0.29) is 16.5 Å². The highest BCUT2D eigenvalue weighted by atomic mass is 32.2. The Morgan fingerprint density at radius 3 is 2.81 bits per heavy atom. The van der Waals surface area contributed by atoms with Crippen LogP contribution in [0.5, 0.6) is 0 Å². The molecule has 1 heterocycles. The number of anilines is 1. The highest BCUT2D eigenvalue weighted by Crippen LogP contribution is 2.30. The van der Waals surface area contributed by atoms with Crippen LogP contribution >= 0.6 is 0 Å². The fourth-order valence-electron chi connectivity index (χ4n) is 2.73. The highest BCUT2D eigenvalue weighted by Gasteiger charge is 2.31. The summed E-state index contributed by atoms with van der Waals surface area (Å²) in [6.45, 7) is 6.70. The topological polar surface area (TPSA) is 81.4 Å². The Kier molecular flexibility index (Phi) is 4.60. The second-order valence-corrected chi connectivity index (χ2v) is 7.54. The van der Waals surface area contributed by atoms with Gasteiger partial charge in [-0.05, 0) is 50.8 Å². The molecule has 3 N–H and O–H groups in total. The molecular weight excluding hydrogens is 288 g/mol. The van der Waals surface area contributed by atoms with Crippen LogP contribution in [0, 0.1) is 6.92 Å². The summed E-state index contributed by atoms with van der Waals surface area (Å²) in [5.74, 6) is 0. The Balaban J connectivity index is 2.17. The second kappa shape index (κ2) is 5.94. The Labute approximate surface area is 126 Å². The number of sulfonamides is 1. The van der Waals surface area contributed by atoms with Crippen molar-refractivity contribution in [2.75, 3.05) is 11.9 Å². The van der Waals surface area contributed by atoms with Crippen LogP contribution in [0.25, 0.3) is 0 Å². The van der Waals surface area contributed by atoms with Gasteiger partial charge in [-0.15, -0.1) is 0 Å². The van der Waals surface area contributed by atoms with Crippen LogP contribution in [0.3, 0.4) is 0 Å². The van der Waals surface area contributed by atoms with E-state index in [9.17, 15) is 8.42 Å². The lowest BCUT2D eigenvalue weighted by Crippen LogP contribution is -2.41. The van der Waals surface area contributed by atoms with Gasteiger partial charge in [-0.1, -0.05) is 13.0 Å². The molecule has 21 heavy (non-hydrogen) atoms. The fraction of sp³-hybridized carbons (Fsp3) is 0.600. The molecule has 2 rings (SSSR count). The predicted octanol–water partition coefficient (Wildman–Crippen LogP) is 2.40. The molecule has 0 aliphatic carbocycles. The van der Waals surface area contributed by atoms with Crippen molar-refractivity contribution in [1.82, 2.24) is 0 Å². The normalized spacial score (nSPS) is 26.6. The predicted molar refractivity (Wildman–Crippen MR) is 83.8 cm³/mol. The van der Waals surface area contributed by atoms with E-state index in [0.29, 0.717) is 5.56 Å². The van der Waals surface area contributed by atoms with Crippen molar-refractivity contribution in [3.63, 3.8) is 0 Å². The van der Waals surface area contributed by atoms with Gasteiger partial charge < -0.3 is 10.1 Å². The van der Waals surface area contributed by atoms with Gasteiger partial charge in [-0.25, -0.2) is 13.6 Å². The van der Waals surface area contributed by atoms with Gasteiger partial charge in [0.15, 0.2) is 0 Å². The Morgan fingerprint density at radius 2 is 2.19 bits per heavy atom. The van der Waals surface area contributed by atoms with Crippen LogP contribution < -0.4 is 10.5 Å². The number of aryl methyl sites for hydroxylation is 1. The number of primary sulfonamides is 1. The molecule has 6 heteroatoms. The summed E-state index contributed by atoms with van der Waals surface area (Å²) in [6, 6.07) is 5.56. The third kappa shape index (κ3) is 3.96. The molecule has 0 amide bonds. The van der Waals surface area contributed by atoms with Crippen LogP contribution in [0.2, 0.25) is 0 Å². The Morgan fingerprint density at radius 1 is 1.48 bits per heavy atom. The van der Waals surface area contributed by atoms with E-state index in [2.05, 4.69) is 19.2 Å². The first-order valence-corrected chi connectivity index (χ1v) is 8.82. The van der Waals surface area contributed by atoms with Crippen molar-refractivity contribution in [3.05, 3.63) is 23.8 Å². The molecule has 118 valence electrons. The van der Waals surface area contributed by atoms with Gasteiger partial charge in [0.2, 0.25) is 10.0 Å². The molecule has 0 aromatic heterocycles. The molecule has 0 saturated carbocycles. The Bertz CT molecular complexity index is 615. The number of hydrogen-bond donors (Lipinski definition) is 2. The molecule has 1 aromatic carbocycles. The monoisotopic (exact) mass is 312 g/mol. The van der Waals surface area contributed by atoms with Crippen molar-refractivity contribution in [2.45, 2.75) is 56.6 Å². The molecule has 1 aromatic rings. The first-order valence-electron chi connectivity index (χ1n) is 7.27. The SMILES string of the molecule is CCC1(C)CC(Nc2ccc(C)c(S(N)(=O)=O)c2)CCO1. The van der Waals surface area contributed by atoms with Gasteiger partial charge in [0.05, 0.1) is 10.5 Å². The van der Waals surface area contributed by atoms with E-state index >= 15 is 0 Å². The quantitative estimate of drug-likeness (QED) is 0.894. The molecule has 1 saturated heterocycles. The first-order chi connectivity index (χ1) is 9.73. The maximum absolute atomic E-state index is 11.6. The minimum Gasteiger partial charge on any atom is -0.382 e. The van der Waals surface area contributed by atoms with Gasteiger partial charge >= 0.3 is 0 Å². The molecule has 1 aliphatic heterocycles. The average Bonchev–Trinajstić information content (AvgIpc) is 2.40. The van der Waals surface area contributed by atoms with Crippen LogP contribution in [0.1, 0.15) is 38.7 Å². The lowest BCUT2D eigenvalue weighted by Gasteiger charge is -2.38. The van der Waals surface area contributed by atoms with E-state index in [1.54, 1.807) is 19.1 Å². The molecule has 0 radical (unpaired) electrons. The standard InChI is InChI=1S/C15H24N2O3S/c1-4-15(3)10-13(7-8-20-15)17-12-6-5-11(2)14(9-12)21(16,18)19/h5-6,9,13,17H,4,7-8,10H2,1-3H3,(H2,16,18,19). The van der Waals surface area contributed by atoms with Crippen LogP contribution in [0.4, 0.5) is 5.69 Å². The number of benzene rings is 1. The summed E-state index contributed by atoms with van der Waals surface area (Å²) < 4.78 is 29.0. The maximum atomic E-state index is 11.6. The third-order valence-electron chi connectivity index (χ3n) is 4.21. The maximum Gasteiger partial charge on any atom is 0.238 e. The van der Waals surface area contributed by atoms with Crippen molar-refractivity contribution in [2.24, 2.45) is 5.14 Å². The smallest absolute Gasteiger partial charge is 0.238 e. The number of ether oxygens (including phenoxy) is 1. The molecule has 5 nitrogen and oxygen atoms in total. The molecule has 2 atom stereocenters. The van der Waals surface area contributed by atoms with Gasteiger partial charge in [-0.2, -0.15) is 0 Å². The average molecular weight is 312 g/mol. The number of nitrogens with one attached hydrogen (secondary N) is 1. The highest BCUT2D eigenvalue weighted by molar-refractivity contribution is 7.89. The number of rotatable bonds is 4. The zero-order chi connectivity index (χ0) is 15.7. The second-order valence-electron chi connectivity index (χ2n) is 6.01. The van der Waals surface area contributed by atoms with Crippen molar-refractivity contribution in [1.29, 1.82) is 0 Å². The summed E-state index contributed by atoms with van der Waals surface area (Å²) in [7, 11) is -3.69. The first kappa shape index (κ1) is 16.3. The third-order valence-corrected chi connectivity index (χ3v) is 5.26. The summed E-state index contributed by atoms with van der Waals surface area (Å²) in [4.78, 5) is 0.179. The molecule has 1 fully saturated rings. The molecular formula is C15H24N2O3S. The van der Waals surface area contributed by atoms with Crippen molar-refractivity contribution < 1.29 is 13.2 Å². The lowest BCUT2D eigenvalue weighted by molar-refractivity contribution is -0.0708. The zero-order valence-corrected chi connectivity index (χ0v) is 13.7. The molecule has 0 spiro atoms. The minimum absolute atomic E-state index is 0.108. The van der Waals surface area contributed by atoms with Crippen LogP contribution in [-0.2, 0) is 14.8 Å². The van der Waals surface area contributed by atoms with Gasteiger partial charge in [0.1, 0.15) is 0 Å². The van der Waals surface area contributed by atoms with Crippen LogP contribution in [0.15, 0.2) is 23.1 Å². The van der Waals surface area contributed by atoms with Gasteiger partial charge in [0.25, 0.3) is 0 Å². The lowest BCUT2D eigenvalue weighted by atomic mass is 9.90. The van der Waals surface area contributed by atoms with Crippen molar-refractivity contribution in [3.8, 4) is 0 Å². The summed E-state index contributed by atoms with van der Waals surface area (Å²) in [6.07, 6.45) is 2.78. The fourth-order valence-corrected chi connectivity index (χ4v) is 3.54. The van der Waals surface area contributed by atoms with Gasteiger partial charge in [0, 0.05) is 18.3 Å². The molecule has 2 unspecified atom stereocenters. The zero-order valence-electron chi connectivity index (χ0n) is 12.8. The van der Waals surface area contributed by atoms with E-state index in [1.807, 2.05) is 6.07 Å². The minimum atomic E-state index is -3.69. The van der Waals surface area contributed by atoms with E-state index < -0.39 is 10.0 Å². The summed E-state index contributed by atoms with van der Waals surface area (Å²) >= 11 is 0. The van der Waals surface area contributed by atoms with E-state index in [4.69, 9.17) is 9.88 Å². The number of nitrogens with two attached hydrogens (primary N) is 1. The Hall–Kier alpha value is -1.11. The van der Waals surface area contributed by atoms with Crippen LogP contribution in [-0.4, -0.2) is 26.7 Å².